The van der Waals surface area contributed by atoms with Gasteiger partial charge in [-0.15, -0.1) is 0 Å². The van der Waals surface area contributed by atoms with E-state index in [1.54, 1.807) is 0 Å². The van der Waals surface area contributed by atoms with Crippen LogP contribution in [0.5, 0.6) is 0 Å². The van der Waals surface area contributed by atoms with Crippen LogP contribution in [0, 0.1) is 11.8 Å². The van der Waals surface area contributed by atoms with Crippen LogP contribution in [0.1, 0.15) is 12.8 Å². The van der Waals surface area contributed by atoms with Gasteiger partial charge in [0.05, 0.1) is 6.67 Å². The summed E-state index contributed by atoms with van der Waals surface area (Å²) in [6.07, 6.45) is 2.03. The van der Waals surface area contributed by atoms with E-state index in [1.165, 1.54) is 32.6 Å². The first-order valence-corrected chi connectivity index (χ1v) is 5.39. The molecule has 13 heavy (non-hydrogen) atoms. The Balaban J connectivity index is 1.77. The van der Waals surface area contributed by atoms with Crippen molar-refractivity contribution < 1.29 is 4.39 Å². The second-order valence-electron chi connectivity index (χ2n) is 4.32. The van der Waals surface area contributed by atoms with Gasteiger partial charge in [-0.2, -0.15) is 0 Å². The molecular formula is C10H19FN2. The maximum absolute atomic E-state index is 12.0. The molecule has 76 valence electrons. The van der Waals surface area contributed by atoms with Crippen LogP contribution in [0.25, 0.3) is 0 Å². The van der Waals surface area contributed by atoms with Gasteiger partial charge in [-0.25, -0.2) is 0 Å². The number of likely N-dealkylation sites (tertiary alicyclic amines) is 1. The molecule has 0 radical (unpaired) electrons. The molecule has 0 aromatic heterocycles. The van der Waals surface area contributed by atoms with Crippen molar-refractivity contribution in [3.63, 3.8) is 0 Å². The van der Waals surface area contributed by atoms with Gasteiger partial charge in [0.2, 0.25) is 0 Å². The second-order valence-corrected chi connectivity index (χ2v) is 4.32. The number of nitrogens with one attached hydrogen (secondary N) is 1. The zero-order valence-corrected chi connectivity index (χ0v) is 8.14. The van der Waals surface area contributed by atoms with E-state index in [0.717, 1.165) is 18.4 Å². The Morgan fingerprint density at radius 2 is 2.15 bits per heavy atom. The Bertz CT molecular complexity index is 149. The van der Waals surface area contributed by atoms with E-state index in [9.17, 15) is 4.39 Å². The maximum Gasteiger partial charge on any atom is 0.0906 e. The Labute approximate surface area is 79.5 Å². The topological polar surface area (TPSA) is 15.3 Å². The SMILES string of the molecule is FCCCN1CC2CCNCC2C1. The fourth-order valence-electron chi connectivity index (χ4n) is 2.64. The van der Waals surface area contributed by atoms with Crippen LogP contribution in [0.4, 0.5) is 4.39 Å². The minimum atomic E-state index is -0.163. The standard InChI is InChI=1S/C10H19FN2/c11-3-1-5-13-7-9-2-4-12-6-10(9)8-13/h9-10,12H,1-8H2. The summed E-state index contributed by atoms with van der Waals surface area (Å²) in [4.78, 5) is 2.43. The molecule has 2 heterocycles. The molecule has 2 aliphatic heterocycles. The van der Waals surface area contributed by atoms with Crippen molar-refractivity contribution >= 4 is 0 Å². The van der Waals surface area contributed by atoms with Crippen molar-refractivity contribution in [1.29, 1.82) is 0 Å². The first-order chi connectivity index (χ1) is 6.40. The summed E-state index contributed by atoms with van der Waals surface area (Å²) in [6, 6.07) is 0. The lowest BCUT2D eigenvalue weighted by Crippen LogP contribution is -2.35. The largest absolute Gasteiger partial charge is 0.316 e. The molecule has 2 atom stereocenters. The molecule has 0 bridgehead atoms. The van der Waals surface area contributed by atoms with Crippen LogP contribution in [0.2, 0.25) is 0 Å². The highest BCUT2D eigenvalue weighted by atomic mass is 19.1. The molecule has 0 amide bonds. The van der Waals surface area contributed by atoms with E-state index in [4.69, 9.17) is 0 Å². The van der Waals surface area contributed by atoms with Crippen LogP contribution >= 0.6 is 0 Å². The number of fused-ring (bicyclic) bond motifs is 1. The molecule has 2 fully saturated rings. The summed E-state index contributed by atoms with van der Waals surface area (Å²) >= 11 is 0. The zero-order valence-electron chi connectivity index (χ0n) is 8.14. The van der Waals surface area contributed by atoms with E-state index < -0.39 is 0 Å². The van der Waals surface area contributed by atoms with Crippen LogP contribution in [0.15, 0.2) is 0 Å². The fraction of sp³-hybridized carbons (Fsp3) is 1.00. The number of piperidine rings is 1. The predicted octanol–water partition coefficient (Wildman–Crippen LogP) is 0.887. The third-order valence-electron chi connectivity index (χ3n) is 3.36. The van der Waals surface area contributed by atoms with Crippen molar-refractivity contribution in [2.75, 3.05) is 39.4 Å². The molecular weight excluding hydrogens is 167 g/mol. The molecule has 0 aromatic carbocycles. The smallest absolute Gasteiger partial charge is 0.0906 e. The quantitative estimate of drug-likeness (QED) is 0.704. The summed E-state index contributed by atoms with van der Waals surface area (Å²) < 4.78 is 12.0. The van der Waals surface area contributed by atoms with Gasteiger partial charge in [-0.05, 0) is 37.8 Å². The van der Waals surface area contributed by atoms with Crippen LogP contribution in [0.3, 0.4) is 0 Å². The fourth-order valence-corrected chi connectivity index (χ4v) is 2.64. The first kappa shape index (κ1) is 9.41. The van der Waals surface area contributed by atoms with Gasteiger partial charge in [0, 0.05) is 19.6 Å². The Morgan fingerprint density at radius 3 is 2.92 bits per heavy atom. The van der Waals surface area contributed by atoms with E-state index in [1.807, 2.05) is 0 Å². The van der Waals surface area contributed by atoms with Gasteiger partial charge in [0.15, 0.2) is 0 Å². The van der Waals surface area contributed by atoms with Crippen molar-refractivity contribution in [1.82, 2.24) is 10.2 Å². The summed E-state index contributed by atoms with van der Waals surface area (Å²) in [5.41, 5.74) is 0. The average Bonchev–Trinajstić information content (AvgIpc) is 2.57. The molecule has 0 saturated carbocycles. The highest BCUT2D eigenvalue weighted by molar-refractivity contribution is 4.88. The van der Waals surface area contributed by atoms with Gasteiger partial charge in [-0.3, -0.25) is 4.39 Å². The number of alkyl halides is 1. The molecule has 2 rings (SSSR count). The number of halogens is 1. The number of hydrogen-bond donors (Lipinski definition) is 1. The van der Waals surface area contributed by atoms with Gasteiger partial charge >= 0.3 is 0 Å². The average molecular weight is 186 g/mol. The second kappa shape index (κ2) is 4.38. The molecule has 0 spiro atoms. The summed E-state index contributed by atoms with van der Waals surface area (Å²) in [7, 11) is 0. The lowest BCUT2D eigenvalue weighted by molar-refractivity contribution is 0.299. The van der Waals surface area contributed by atoms with E-state index >= 15 is 0 Å². The lowest BCUT2D eigenvalue weighted by atomic mass is 9.90. The third kappa shape index (κ3) is 2.20. The molecule has 1 N–H and O–H groups in total. The van der Waals surface area contributed by atoms with Gasteiger partial charge in [0.1, 0.15) is 0 Å². The van der Waals surface area contributed by atoms with E-state index in [2.05, 4.69) is 10.2 Å². The molecule has 0 aromatic rings. The molecule has 2 nitrogen and oxygen atoms in total. The van der Waals surface area contributed by atoms with Gasteiger partial charge in [0.25, 0.3) is 0 Å². The molecule has 2 aliphatic rings. The minimum absolute atomic E-state index is 0.163. The third-order valence-corrected chi connectivity index (χ3v) is 3.36. The summed E-state index contributed by atoms with van der Waals surface area (Å²) in [6.45, 7) is 5.56. The highest BCUT2D eigenvalue weighted by Crippen LogP contribution is 2.27. The lowest BCUT2D eigenvalue weighted by Gasteiger charge is -2.24. The van der Waals surface area contributed by atoms with E-state index in [0.29, 0.717) is 6.42 Å². The van der Waals surface area contributed by atoms with Crippen LogP contribution in [-0.2, 0) is 0 Å². The molecule has 0 aliphatic carbocycles. The monoisotopic (exact) mass is 186 g/mol. The Kier molecular flexibility index (Phi) is 3.17. The highest BCUT2D eigenvalue weighted by Gasteiger charge is 2.33. The summed E-state index contributed by atoms with van der Waals surface area (Å²) in [5.74, 6) is 1.73. The first-order valence-electron chi connectivity index (χ1n) is 5.39. The minimum Gasteiger partial charge on any atom is -0.316 e. The van der Waals surface area contributed by atoms with Crippen molar-refractivity contribution in [2.24, 2.45) is 11.8 Å². The van der Waals surface area contributed by atoms with Crippen molar-refractivity contribution in [3.8, 4) is 0 Å². The van der Waals surface area contributed by atoms with Crippen LogP contribution in [-0.4, -0.2) is 44.3 Å². The number of nitrogens with zero attached hydrogens (tertiary/aromatic N) is 1. The Hall–Kier alpha value is -0.150. The van der Waals surface area contributed by atoms with Gasteiger partial charge in [-0.1, -0.05) is 0 Å². The molecule has 2 unspecified atom stereocenters. The maximum atomic E-state index is 12.0. The molecule has 2 saturated heterocycles. The number of rotatable bonds is 3. The molecule has 3 heteroatoms. The van der Waals surface area contributed by atoms with Crippen molar-refractivity contribution in [3.05, 3.63) is 0 Å². The van der Waals surface area contributed by atoms with Crippen LogP contribution < -0.4 is 5.32 Å². The summed E-state index contributed by atoms with van der Waals surface area (Å²) in [5, 5.41) is 3.43. The van der Waals surface area contributed by atoms with Crippen molar-refractivity contribution in [2.45, 2.75) is 12.8 Å². The normalized spacial score (nSPS) is 34.8. The van der Waals surface area contributed by atoms with Gasteiger partial charge < -0.3 is 10.2 Å². The zero-order chi connectivity index (χ0) is 9.10. The predicted molar refractivity (Wildman–Crippen MR) is 51.5 cm³/mol. The Morgan fingerprint density at radius 1 is 1.31 bits per heavy atom. The van der Waals surface area contributed by atoms with E-state index in [-0.39, 0.29) is 6.67 Å². The number of hydrogen-bond acceptors (Lipinski definition) is 2.